The van der Waals surface area contributed by atoms with Gasteiger partial charge in [-0.25, -0.2) is 8.42 Å². The summed E-state index contributed by atoms with van der Waals surface area (Å²) in [4.78, 5) is 24.4. The zero-order valence-corrected chi connectivity index (χ0v) is 14.5. The molecule has 6 nitrogen and oxygen atoms in total. The van der Waals surface area contributed by atoms with Gasteiger partial charge in [-0.2, -0.15) is 0 Å². The number of carbonyl (C=O) groups is 2. The number of hydrogen-bond acceptors (Lipinski definition) is 5. The largest absolute Gasteiger partial charge is 0.454 e. The molecule has 130 valence electrons. The van der Waals surface area contributed by atoms with Gasteiger partial charge in [-0.05, 0) is 50.5 Å². The minimum Gasteiger partial charge on any atom is -0.454 e. The number of nitrogens with one attached hydrogen (secondary N) is 1. The minimum absolute atomic E-state index is 0.188. The summed E-state index contributed by atoms with van der Waals surface area (Å²) in [6.07, 6.45) is 6.38. The summed E-state index contributed by atoms with van der Waals surface area (Å²) in [6, 6.07) is 6.00. The monoisotopic (exact) mass is 351 g/mol. The molecule has 0 heterocycles. The Labute approximate surface area is 141 Å². The molecule has 2 rings (SSSR count). The smallest absolute Gasteiger partial charge is 0.309 e. The molecule has 0 aromatic heterocycles. The van der Waals surface area contributed by atoms with E-state index in [1.807, 2.05) is 12.2 Å². The lowest BCUT2D eigenvalue weighted by Crippen LogP contribution is -2.28. The number of ether oxygens (including phenoxy) is 1. The number of allylic oxidation sites excluding steroid dienone is 2. The second-order valence-electron chi connectivity index (χ2n) is 5.88. The molecule has 0 bridgehead atoms. The first kappa shape index (κ1) is 18.2. The van der Waals surface area contributed by atoms with Crippen molar-refractivity contribution in [2.24, 2.45) is 5.92 Å². The lowest BCUT2D eigenvalue weighted by Gasteiger charge is -2.19. The van der Waals surface area contributed by atoms with Gasteiger partial charge in [0.2, 0.25) is 15.8 Å². The zero-order valence-electron chi connectivity index (χ0n) is 13.7. The zero-order chi connectivity index (χ0) is 17.7. The van der Waals surface area contributed by atoms with E-state index in [4.69, 9.17) is 4.74 Å². The number of Topliss-reactive ketones (excluding diaryl/α,β-unsaturated/α-hetero) is 1. The van der Waals surface area contributed by atoms with E-state index in [0.717, 1.165) is 19.1 Å². The molecular formula is C17H21NO5S. The van der Waals surface area contributed by atoms with Crippen molar-refractivity contribution in [2.45, 2.75) is 32.3 Å². The van der Waals surface area contributed by atoms with Crippen molar-refractivity contribution in [3.05, 3.63) is 42.0 Å². The van der Waals surface area contributed by atoms with Crippen LogP contribution in [0.25, 0.3) is 0 Å². The SMILES string of the molecule is C[C@H](OC(=O)[C@@H]1CC=CCC1)C(=O)c1ccc(NS(C)(=O)=O)cc1. The number of anilines is 1. The Kier molecular flexibility index (Phi) is 5.77. The number of esters is 1. The fraction of sp³-hybridized carbons (Fsp3) is 0.412. The van der Waals surface area contributed by atoms with E-state index in [1.54, 1.807) is 6.92 Å². The van der Waals surface area contributed by atoms with Crippen LogP contribution in [0.5, 0.6) is 0 Å². The van der Waals surface area contributed by atoms with Gasteiger partial charge in [0.15, 0.2) is 6.10 Å². The van der Waals surface area contributed by atoms with Crippen molar-refractivity contribution in [2.75, 3.05) is 11.0 Å². The van der Waals surface area contributed by atoms with Crippen molar-refractivity contribution < 1.29 is 22.7 Å². The van der Waals surface area contributed by atoms with Crippen molar-refractivity contribution in [3.63, 3.8) is 0 Å². The molecule has 7 heteroatoms. The molecular weight excluding hydrogens is 330 g/mol. The van der Waals surface area contributed by atoms with Crippen LogP contribution in [-0.4, -0.2) is 32.5 Å². The first-order chi connectivity index (χ1) is 11.3. The molecule has 24 heavy (non-hydrogen) atoms. The summed E-state index contributed by atoms with van der Waals surface area (Å²) in [5, 5.41) is 0. The van der Waals surface area contributed by atoms with Gasteiger partial charge >= 0.3 is 5.97 Å². The van der Waals surface area contributed by atoms with Crippen LogP contribution in [0.4, 0.5) is 5.69 Å². The summed E-state index contributed by atoms with van der Waals surface area (Å²) in [6.45, 7) is 1.54. The average Bonchev–Trinajstić information content (AvgIpc) is 2.54. The second kappa shape index (κ2) is 7.61. The Morgan fingerprint density at radius 1 is 1.21 bits per heavy atom. The van der Waals surface area contributed by atoms with Gasteiger partial charge < -0.3 is 4.74 Å². The van der Waals surface area contributed by atoms with Gasteiger partial charge in [-0.15, -0.1) is 0 Å². The van der Waals surface area contributed by atoms with E-state index in [2.05, 4.69) is 4.72 Å². The van der Waals surface area contributed by atoms with E-state index < -0.39 is 16.1 Å². The second-order valence-corrected chi connectivity index (χ2v) is 7.62. The molecule has 0 saturated heterocycles. The molecule has 1 aromatic rings. The Morgan fingerprint density at radius 3 is 2.42 bits per heavy atom. The summed E-state index contributed by atoms with van der Waals surface area (Å²) < 4.78 is 29.9. The average molecular weight is 351 g/mol. The lowest BCUT2D eigenvalue weighted by molar-refractivity contribution is -0.151. The topological polar surface area (TPSA) is 89.5 Å². The molecule has 1 N–H and O–H groups in total. The van der Waals surface area contributed by atoms with Gasteiger partial charge in [0, 0.05) is 11.3 Å². The predicted molar refractivity (Wildman–Crippen MR) is 91.3 cm³/mol. The quantitative estimate of drug-likeness (QED) is 0.483. The molecule has 2 atom stereocenters. The Hall–Kier alpha value is -2.15. The maximum Gasteiger partial charge on any atom is 0.309 e. The Bertz CT molecular complexity index is 737. The normalized spacial score (nSPS) is 18.7. The van der Waals surface area contributed by atoms with E-state index in [1.165, 1.54) is 24.3 Å². The molecule has 0 unspecified atom stereocenters. The summed E-state index contributed by atoms with van der Waals surface area (Å²) >= 11 is 0. The van der Waals surface area contributed by atoms with E-state index in [0.29, 0.717) is 17.7 Å². The van der Waals surface area contributed by atoms with Crippen molar-refractivity contribution in [1.29, 1.82) is 0 Å². The van der Waals surface area contributed by atoms with Gasteiger partial charge in [0.05, 0.1) is 12.2 Å². The third-order valence-electron chi connectivity index (χ3n) is 3.74. The number of benzene rings is 1. The number of sulfonamides is 1. The maximum atomic E-state index is 12.3. The summed E-state index contributed by atoms with van der Waals surface area (Å²) in [5.74, 6) is -0.859. The van der Waals surface area contributed by atoms with Crippen LogP contribution in [0.2, 0.25) is 0 Å². The van der Waals surface area contributed by atoms with Gasteiger partial charge in [-0.1, -0.05) is 12.2 Å². The molecule has 0 fully saturated rings. The fourth-order valence-corrected chi connectivity index (χ4v) is 3.05. The third kappa shape index (κ3) is 5.19. The third-order valence-corrected chi connectivity index (χ3v) is 4.34. The Balaban J connectivity index is 1.97. The van der Waals surface area contributed by atoms with Gasteiger partial charge in [-0.3, -0.25) is 14.3 Å². The van der Waals surface area contributed by atoms with Crippen molar-refractivity contribution >= 4 is 27.5 Å². The van der Waals surface area contributed by atoms with Crippen LogP contribution in [0.1, 0.15) is 36.5 Å². The number of ketones is 1. The van der Waals surface area contributed by atoms with Crippen LogP contribution in [0.15, 0.2) is 36.4 Å². The predicted octanol–water partition coefficient (Wildman–Crippen LogP) is 2.53. The highest BCUT2D eigenvalue weighted by Crippen LogP contribution is 2.21. The van der Waals surface area contributed by atoms with E-state index >= 15 is 0 Å². The first-order valence-corrected chi connectivity index (χ1v) is 9.63. The standard InChI is InChI=1S/C17H21NO5S/c1-12(23-17(20)14-6-4-3-5-7-14)16(19)13-8-10-15(11-9-13)18-24(2,21)22/h3-4,8-12,14,18H,5-7H2,1-2H3/t12-,14+/m0/s1. The van der Waals surface area contributed by atoms with Crippen LogP contribution in [0, 0.1) is 5.92 Å². The molecule has 0 radical (unpaired) electrons. The first-order valence-electron chi connectivity index (χ1n) is 7.74. The highest BCUT2D eigenvalue weighted by Gasteiger charge is 2.25. The van der Waals surface area contributed by atoms with Crippen LogP contribution < -0.4 is 4.72 Å². The van der Waals surface area contributed by atoms with E-state index in [9.17, 15) is 18.0 Å². The molecule has 0 amide bonds. The van der Waals surface area contributed by atoms with Crippen LogP contribution >= 0.6 is 0 Å². The maximum absolute atomic E-state index is 12.3. The lowest BCUT2D eigenvalue weighted by atomic mass is 9.94. The fourth-order valence-electron chi connectivity index (χ4n) is 2.48. The molecule has 1 aromatic carbocycles. The summed E-state index contributed by atoms with van der Waals surface area (Å²) in [5.41, 5.74) is 0.727. The van der Waals surface area contributed by atoms with Crippen molar-refractivity contribution in [1.82, 2.24) is 0 Å². The number of hydrogen-bond donors (Lipinski definition) is 1. The minimum atomic E-state index is -3.36. The molecule has 1 aliphatic rings. The molecule has 0 aliphatic heterocycles. The molecule has 0 saturated carbocycles. The molecule has 0 spiro atoms. The van der Waals surface area contributed by atoms with Gasteiger partial charge in [0.1, 0.15) is 0 Å². The number of rotatable bonds is 6. The number of carbonyl (C=O) groups excluding carboxylic acids is 2. The van der Waals surface area contributed by atoms with Gasteiger partial charge in [0.25, 0.3) is 0 Å². The Morgan fingerprint density at radius 2 is 1.88 bits per heavy atom. The van der Waals surface area contributed by atoms with Crippen LogP contribution in [0.3, 0.4) is 0 Å². The highest BCUT2D eigenvalue weighted by molar-refractivity contribution is 7.92. The summed E-state index contributed by atoms with van der Waals surface area (Å²) in [7, 11) is -3.36. The van der Waals surface area contributed by atoms with E-state index in [-0.39, 0.29) is 17.7 Å². The molecule has 1 aliphatic carbocycles. The highest BCUT2D eigenvalue weighted by atomic mass is 32.2. The van der Waals surface area contributed by atoms with Crippen LogP contribution in [-0.2, 0) is 19.6 Å². The van der Waals surface area contributed by atoms with Crippen molar-refractivity contribution in [3.8, 4) is 0 Å².